The van der Waals surface area contributed by atoms with Crippen LogP contribution in [0.15, 0.2) is 24.3 Å². The minimum atomic E-state index is 0.284. The highest BCUT2D eigenvalue weighted by Gasteiger charge is 2.19. The van der Waals surface area contributed by atoms with Crippen LogP contribution in [-0.4, -0.2) is 27.2 Å². The van der Waals surface area contributed by atoms with E-state index < -0.39 is 0 Å². The summed E-state index contributed by atoms with van der Waals surface area (Å²) in [5.41, 5.74) is 2.95. The van der Waals surface area contributed by atoms with E-state index >= 15 is 0 Å². The third kappa shape index (κ3) is 3.53. The molecule has 0 spiro atoms. The van der Waals surface area contributed by atoms with Gasteiger partial charge in [0.25, 0.3) is 0 Å². The number of nitrogens with one attached hydrogen (secondary N) is 1. The van der Waals surface area contributed by atoms with Crippen LogP contribution in [0.1, 0.15) is 19.4 Å². The molecule has 0 aliphatic heterocycles. The molecule has 1 aromatic carbocycles. The molecule has 0 aliphatic carbocycles. The fraction of sp³-hybridized carbons (Fsp3) is 0.571. The van der Waals surface area contributed by atoms with E-state index in [9.17, 15) is 0 Å². The van der Waals surface area contributed by atoms with Crippen LogP contribution in [-0.2, 0) is 0 Å². The van der Waals surface area contributed by atoms with Crippen LogP contribution < -0.4 is 10.2 Å². The molecule has 0 aliphatic rings. The lowest BCUT2D eigenvalue weighted by molar-refractivity contribution is 0.358. The van der Waals surface area contributed by atoms with Gasteiger partial charge < -0.3 is 10.2 Å². The second-order valence-corrected chi connectivity index (χ2v) is 5.34. The maximum atomic E-state index is 3.25. The van der Waals surface area contributed by atoms with E-state index in [0.717, 1.165) is 13.1 Å². The van der Waals surface area contributed by atoms with Crippen molar-refractivity contribution in [3.05, 3.63) is 29.8 Å². The summed E-state index contributed by atoms with van der Waals surface area (Å²) in [6, 6.07) is 8.54. The normalized spacial score (nSPS) is 11.6. The summed E-state index contributed by atoms with van der Waals surface area (Å²) in [5, 5.41) is 3.25. The first-order valence-electron chi connectivity index (χ1n) is 5.88. The average molecular weight is 220 g/mol. The van der Waals surface area contributed by atoms with Gasteiger partial charge in [-0.1, -0.05) is 32.0 Å². The molecule has 16 heavy (non-hydrogen) atoms. The molecule has 0 saturated heterocycles. The molecule has 2 heteroatoms. The minimum Gasteiger partial charge on any atom is -0.374 e. The summed E-state index contributed by atoms with van der Waals surface area (Å²) >= 11 is 0. The molecular formula is C14H24N2. The van der Waals surface area contributed by atoms with Gasteiger partial charge in [0.2, 0.25) is 0 Å². The third-order valence-corrected chi connectivity index (χ3v) is 2.85. The average Bonchev–Trinajstić information content (AvgIpc) is 2.17. The molecule has 0 atom stereocenters. The predicted molar refractivity (Wildman–Crippen MR) is 72.2 cm³/mol. The van der Waals surface area contributed by atoms with Gasteiger partial charge in [0, 0.05) is 25.8 Å². The van der Waals surface area contributed by atoms with Crippen LogP contribution in [0.3, 0.4) is 0 Å². The van der Waals surface area contributed by atoms with Gasteiger partial charge in [-0.3, -0.25) is 0 Å². The Labute approximate surface area is 99.7 Å². The Hall–Kier alpha value is -1.02. The number of anilines is 1. The monoisotopic (exact) mass is 220 g/mol. The van der Waals surface area contributed by atoms with E-state index in [1.165, 1.54) is 11.3 Å². The van der Waals surface area contributed by atoms with E-state index in [1.54, 1.807) is 0 Å². The van der Waals surface area contributed by atoms with Crippen molar-refractivity contribution < 1.29 is 0 Å². The SMILES string of the molecule is CNCC(C)(C)CN(C)c1ccccc1C. The third-order valence-electron chi connectivity index (χ3n) is 2.85. The van der Waals surface area contributed by atoms with Crippen molar-refractivity contribution >= 4 is 5.69 Å². The highest BCUT2D eigenvalue weighted by Crippen LogP contribution is 2.22. The van der Waals surface area contributed by atoms with E-state index in [1.807, 2.05) is 7.05 Å². The lowest BCUT2D eigenvalue weighted by atomic mass is 9.92. The highest BCUT2D eigenvalue weighted by molar-refractivity contribution is 5.52. The molecule has 1 N–H and O–H groups in total. The van der Waals surface area contributed by atoms with Crippen molar-refractivity contribution in [3.8, 4) is 0 Å². The van der Waals surface area contributed by atoms with Crippen molar-refractivity contribution in [3.63, 3.8) is 0 Å². The van der Waals surface area contributed by atoms with Gasteiger partial charge in [-0.2, -0.15) is 0 Å². The first kappa shape index (κ1) is 13.0. The van der Waals surface area contributed by atoms with E-state index in [2.05, 4.69) is 62.3 Å². The second kappa shape index (κ2) is 5.35. The number of rotatable bonds is 5. The maximum absolute atomic E-state index is 3.25. The molecule has 0 saturated carbocycles. The smallest absolute Gasteiger partial charge is 0.0393 e. The molecule has 0 heterocycles. The zero-order valence-electron chi connectivity index (χ0n) is 11.2. The van der Waals surface area contributed by atoms with Crippen LogP contribution in [0.25, 0.3) is 0 Å². The summed E-state index contributed by atoms with van der Waals surface area (Å²) in [5.74, 6) is 0. The zero-order chi connectivity index (χ0) is 12.2. The maximum Gasteiger partial charge on any atom is 0.0393 e. The fourth-order valence-electron chi connectivity index (χ4n) is 2.25. The molecule has 0 radical (unpaired) electrons. The number of para-hydroxylation sites is 1. The predicted octanol–water partition coefficient (Wildman–Crippen LogP) is 2.68. The van der Waals surface area contributed by atoms with Crippen LogP contribution in [0.4, 0.5) is 5.69 Å². The Kier molecular flexibility index (Phi) is 4.36. The first-order valence-corrected chi connectivity index (χ1v) is 5.88. The number of hydrogen-bond donors (Lipinski definition) is 1. The van der Waals surface area contributed by atoms with Crippen LogP contribution >= 0.6 is 0 Å². The Morgan fingerprint density at radius 2 is 1.88 bits per heavy atom. The zero-order valence-corrected chi connectivity index (χ0v) is 11.2. The summed E-state index contributed by atoms with van der Waals surface area (Å²) in [6.07, 6.45) is 0. The van der Waals surface area contributed by atoms with Gasteiger partial charge in [-0.05, 0) is 31.0 Å². The molecule has 0 aromatic heterocycles. The molecular weight excluding hydrogens is 196 g/mol. The van der Waals surface area contributed by atoms with Crippen LogP contribution in [0, 0.1) is 12.3 Å². The van der Waals surface area contributed by atoms with Crippen molar-refractivity contribution in [2.45, 2.75) is 20.8 Å². The Morgan fingerprint density at radius 3 is 2.44 bits per heavy atom. The first-order chi connectivity index (χ1) is 7.46. The van der Waals surface area contributed by atoms with Gasteiger partial charge in [0.15, 0.2) is 0 Å². The van der Waals surface area contributed by atoms with Crippen LogP contribution in [0.2, 0.25) is 0 Å². The van der Waals surface area contributed by atoms with E-state index in [-0.39, 0.29) is 5.41 Å². The molecule has 0 fully saturated rings. The van der Waals surface area contributed by atoms with Crippen LogP contribution in [0.5, 0.6) is 0 Å². The second-order valence-electron chi connectivity index (χ2n) is 5.34. The fourth-order valence-corrected chi connectivity index (χ4v) is 2.25. The Morgan fingerprint density at radius 1 is 1.25 bits per heavy atom. The van der Waals surface area contributed by atoms with Crippen molar-refractivity contribution in [1.29, 1.82) is 0 Å². The van der Waals surface area contributed by atoms with Gasteiger partial charge in [0.1, 0.15) is 0 Å². The molecule has 2 nitrogen and oxygen atoms in total. The number of hydrogen-bond acceptors (Lipinski definition) is 2. The van der Waals surface area contributed by atoms with E-state index in [4.69, 9.17) is 0 Å². The Balaban J connectivity index is 2.72. The van der Waals surface area contributed by atoms with Crippen molar-refractivity contribution in [1.82, 2.24) is 5.32 Å². The largest absolute Gasteiger partial charge is 0.374 e. The van der Waals surface area contributed by atoms with E-state index in [0.29, 0.717) is 0 Å². The van der Waals surface area contributed by atoms with Gasteiger partial charge >= 0.3 is 0 Å². The molecule has 1 aromatic rings. The summed E-state index contributed by atoms with van der Waals surface area (Å²) < 4.78 is 0. The van der Waals surface area contributed by atoms with Crippen molar-refractivity contribution in [2.75, 3.05) is 32.1 Å². The summed E-state index contributed by atoms with van der Waals surface area (Å²) in [7, 11) is 4.18. The van der Waals surface area contributed by atoms with Gasteiger partial charge in [-0.15, -0.1) is 0 Å². The number of nitrogens with zero attached hydrogens (tertiary/aromatic N) is 1. The van der Waals surface area contributed by atoms with Gasteiger partial charge in [-0.25, -0.2) is 0 Å². The molecule has 0 unspecified atom stereocenters. The molecule has 0 amide bonds. The molecule has 0 bridgehead atoms. The highest BCUT2D eigenvalue weighted by atomic mass is 15.1. The number of benzene rings is 1. The van der Waals surface area contributed by atoms with Crippen molar-refractivity contribution in [2.24, 2.45) is 5.41 Å². The molecule has 90 valence electrons. The lowest BCUT2D eigenvalue weighted by Crippen LogP contribution is -2.38. The topological polar surface area (TPSA) is 15.3 Å². The Bertz CT molecular complexity index is 331. The quantitative estimate of drug-likeness (QED) is 0.820. The lowest BCUT2D eigenvalue weighted by Gasteiger charge is -2.32. The van der Waals surface area contributed by atoms with Gasteiger partial charge in [0.05, 0.1) is 0 Å². The summed E-state index contributed by atoms with van der Waals surface area (Å²) in [6.45, 7) is 8.83. The summed E-state index contributed by atoms with van der Waals surface area (Å²) in [4.78, 5) is 2.34. The standard InChI is InChI=1S/C14H24N2/c1-12-8-6-7-9-13(12)16(5)11-14(2,3)10-15-4/h6-9,15H,10-11H2,1-5H3. The molecule has 1 rings (SSSR count). The minimum absolute atomic E-state index is 0.284. The number of aryl methyl sites for hydroxylation is 1.